The summed E-state index contributed by atoms with van der Waals surface area (Å²) in [6, 6.07) is 7.18. The SMILES string of the molecule is Cc1ccc(C(=O)CCC(=O)OCC(=O)NC[C@H]2CCCO2)cc1. The molecule has 1 aromatic rings. The summed E-state index contributed by atoms with van der Waals surface area (Å²) in [5.74, 6) is -1.03. The fourth-order valence-corrected chi connectivity index (χ4v) is 2.40. The Balaban J connectivity index is 1.61. The number of amides is 1. The molecule has 130 valence electrons. The summed E-state index contributed by atoms with van der Waals surface area (Å²) in [6.07, 6.45) is 2.02. The summed E-state index contributed by atoms with van der Waals surface area (Å²) < 4.78 is 10.3. The van der Waals surface area contributed by atoms with Crippen molar-refractivity contribution in [3.05, 3.63) is 35.4 Å². The zero-order valence-electron chi connectivity index (χ0n) is 13.9. The van der Waals surface area contributed by atoms with Crippen molar-refractivity contribution in [2.75, 3.05) is 19.8 Å². The fraction of sp³-hybridized carbons (Fsp3) is 0.500. The van der Waals surface area contributed by atoms with Crippen LogP contribution in [0, 0.1) is 6.92 Å². The standard InChI is InChI=1S/C18H23NO5/c1-13-4-6-14(7-5-13)16(20)8-9-18(22)24-12-17(21)19-11-15-3-2-10-23-15/h4-7,15H,2-3,8-12H2,1H3,(H,19,21)/t15-/m1/s1. The number of benzene rings is 1. The number of hydrogen-bond donors (Lipinski definition) is 1. The Morgan fingerprint density at radius 3 is 2.62 bits per heavy atom. The van der Waals surface area contributed by atoms with Gasteiger partial charge in [0.25, 0.3) is 5.91 Å². The molecular formula is C18H23NO5. The van der Waals surface area contributed by atoms with Crippen LogP contribution in [0.25, 0.3) is 0 Å². The molecule has 0 radical (unpaired) electrons. The minimum absolute atomic E-state index is 0.0360. The van der Waals surface area contributed by atoms with Crippen molar-refractivity contribution in [2.45, 2.75) is 38.7 Å². The summed E-state index contributed by atoms with van der Waals surface area (Å²) >= 11 is 0. The van der Waals surface area contributed by atoms with Crippen molar-refractivity contribution >= 4 is 17.7 Å². The Hall–Kier alpha value is -2.21. The molecule has 1 N–H and O–H groups in total. The maximum atomic E-state index is 11.9. The van der Waals surface area contributed by atoms with Gasteiger partial charge in [-0.15, -0.1) is 0 Å². The molecular weight excluding hydrogens is 310 g/mol. The van der Waals surface area contributed by atoms with Crippen LogP contribution >= 0.6 is 0 Å². The average Bonchev–Trinajstić information content (AvgIpc) is 3.10. The summed E-state index contributed by atoms with van der Waals surface area (Å²) in [6.45, 7) is 2.77. The number of hydrogen-bond acceptors (Lipinski definition) is 5. The van der Waals surface area contributed by atoms with Crippen LogP contribution in [-0.4, -0.2) is 43.5 Å². The number of nitrogens with one attached hydrogen (secondary N) is 1. The van der Waals surface area contributed by atoms with Crippen molar-refractivity contribution in [1.82, 2.24) is 5.32 Å². The third-order valence-corrected chi connectivity index (χ3v) is 3.84. The molecule has 2 rings (SSSR count). The van der Waals surface area contributed by atoms with Gasteiger partial charge in [0, 0.05) is 25.1 Å². The number of carbonyl (C=O) groups excluding carboxylic acids is 3. The fourth-order valence-electron chi connectivity index (χ4n) is 2.40. The van der Waals surface area contributed by atoms with Crippen LogP contribution in [0.3, 0.4) is 0 Å². The molecule has 6 nitrogen and oxygen atoms in total. The Bertz CT molecular complexity index is 576. The molecule has 0 aliphatic carbocycles. The highest BCUT2D eigenvalue weighted by Gasteiger charge is 2.17. The third-order valence-electron chi connectivity index (χ3n) is 3.84. The molecule has 1 heterocycles. The van der Waals surface area contributed by atoms with Gasteiger partial charge in [0.05, 0.1) is 12.5 Å². The highest BCUT2D eigenvalue weighted by Crippen LogP contribution is 2.10. The monoisotopic (exact) mass is 333 g/mol. The van der Waals surface area contributed by atoms with Crippen LogP contribution in [0.5, 0.6) is 0 Å². The van der Waals surface area contributed by atoms with Crippen LogP contribution in [0.15, 0.2) is 24.3 Å². The van der Waals surface area contributed by atoms with Crippen molar-refractivity contribution < 1.29 is 23.9 Å². The second-order valence-corrected chi connectivity index (χ2v) is 5.89. The van der Waals surface area contributed by atoms with Crippen LogP contribution < -0.4 is 5.32 Å². The second kappa shape index (κ2) is 9.17. The van der Waals surface area contributed by atoms with Crippen LogP contribution in [0.2, 0.25) is 0 Å². The lowest BCUT2D eigenvalue weighted by Crippen LogP contribution is -2.34. The lowest BCUT2D eigenvalue weighted by molar-refractivity contribution is -0.148. The first-order valence-electron chi connectivity index (χ1n) is 8.18. The van der Waals surface area contributed by atoms with Crippen molar-refractivity contribution in [3.8, 4) is 0 Å². The van der Waals surface area contributed by atoms with E-state index in [0.29, 0.717) is 12.1 Å². The van der Waals surface area contributed by atoms with Gasteiger partial charge >= 0.3 is 5.97 Å². The van der Waals surface area contributed by atoms with E-state index in [1.165, 1.54) is 0 Å². The molecule has 1 aliphatic rings. The topological polar surface area (TPSA) is 81.7 Å². The molecule has 1 aliphatic heterocycles. The number of ether oxygens (including phenoxy) is 2. The normalized spacial score (nSPS) is 16.6. The first-order valence-corrected chi connectivity index (χ1v) is 8.18. The Labute approximate surface area is 141 Å². The van der Waals surface area contributed by atoms with Gasteiger partial charge in [0.2, 0.25) is 0 Å². The van der Waals surface area contributed by atoms with Crippen molar-refractivity contribution in [3.63, 3.8) is 0 Å². The summed E-state index contributed by atoms with van der Waals surface area (Å²) in [4.78, 5) is 35.2. The van der Waals surface area contributed by atoms with E-state index < -0.39 is 5.97 Å². The lowest BCUT2D eigenvalue weighted by Gasteiger charge is -2.10. The molecule has 0 saturated carbocycles. The van der Waals surface area contributed by atoms with Crippen LogP contribution in [0.4, 0.5) is 0 Å². The van der Waals surface area contributed by atoms with E-state index in [4.69, 9.17) is 9.47 Å². The molecule has 1 amide bonds. The smallest absolute Gasteiger partial charge is 0.306 e. The van der Waals surface area contributed by atoms with Crippen molar-refractivity contribution in [1.29, 1.82) is 0 Å². The Morgan fingerprint density at radius 2 is 1.96 bits per heavy atom. The number of aryl methyl sites for hydroxylation is 1. The second-order valence-electron chi connectivity index (χ2n) is 5.89. The number of ketones is 1. The van der Waals surface area contributed by atoms with Gasteiger partial charge in [-0.05, 0) is 19.8 Å². The average molecular weight is 333 g/mol. The third kappa shape index (κ3) is 6.12. The molecule has 0 unspecified atom stereocenters. The van der Waals surface area contributed by atoms with E-state index in [9.17, 15) is 14.4 Å². The minimum Gasteiger partial charge on any atom is -0.456 e. The van der Waals surface area contributed by atoms with E-state index in [2.05, 4.69) is 5.32 Å². The lowest BCUT2D eigenvalue weighted by atomic mass is 10.1. The first-order chi connectivity index (χ1) is 11.5. The molecule has 0 aromatic heterocycles. The quantitative estimate of drug-likeness (QED) is 0.579. The zero-order chi connectivity index (χ0) is 17.4. The summed E-state index contributed by atoms with van der Waals surface area (Å²) in [5, 5.41) is 2.67. The van der Waals surface area contributed by atoms with E-state index in [1.807, 2.05) is 19.1 Å². The van der Waals surface area contributed by atoms with Gasteiger partial charge in [-0.25, -0.2) is 0 Å². The summed E-state index contributed by atoms with van der Waals surface area (Å²) in [5.41, 5.74) is 1.64. The molecule has 1 fully saturated rings. The number of carbonyl (C=O) groups is 3. The van der Waals surface area contributed by atoms with E-state index in [0.717, 1.165) is 25.0 Å². The Morgan fingerprint density at radius 1 is 1.21 bits per heavy atom. The van der Waals surface area contributed by atoms with E-state index in [1.54, 1.807) is 12.1 Å². The van der Waals surface area contributed by atoms with Gasteiger partial charge in [-0.3, -0.25) is 14.4 Å². The van der Waals surface area contributed by atoms with Crippen LogP contribution in [0.1, 0.15) is 41.6 Å². The highest BCUT2D eigenvalue weighted by atomic mass is 16.5. The van der Waals surface area contributed by atoms with Gasteiger partial charge in [-0.1, -0.05) is 29.8 Å². The summed E-state index contributed by atoms with van der Waals surface area (Å²) in [7, 11) is 0. The van der Waals surface area contributed by atoms with E-state index >= 15 is 0 Å². The predicted molar refractivity (Wildman–Crippen MR) is 87.7 cm³/mol. The number of rotatable bonds is 8. The van der Waals surface area contributed by atoms with Gasteiger partial charge < -0.3 is 14.8 Å². The maximum absolute atomic E-state index is 11.9. The van der Waals surface area contributed by atoms with Gasteiger partial charge in [0.15, 0.2) is 12.4 Å². The minimum atomic E-state index is -0.553. The largest absolute Gasteiger partial charge is 0.456 e. The first kappa shape index (κ1) is 18.1. The highest BCUT2D eigenvalue weighted by molar-refractivity contribution is 5.97. The number of Topliss-reactive ketones (excluding diaryl/α,β-unsaturated/α-hetero) is 1. The molecule has 1 atom stereocenters. The molecule has 24 heavy (non-hydrogen) atoms. The zero-order valence-corrected chi connectivity index (χ0v) is 13.9. The maximum Gasteiger partial charge on any atom is 0.306 e. The van der Waals surface area contributed by atoms with Gasteiger partial charge in [-0.2, -0.15) is 0 Å². The molecule has 0 spiro atoms. The number of esters is 1. The van der Waals surface area contributed by atoms with E-state index in [-0.39, 0.29) is 37.2 Å². The van der Waals surface area contributed by atoms with Gasteiger partial charge in [0.1, 0.15) is 0 Å². The molecule has 6 heteroatoms. The molecule has 0 bridgehead atoms. The molecule has 1 aromatic carbocycles. The van der Waals surface area contributed by atoms with Crippen molar-refractivity contribution in [2.24, 2.45) is 0 Å². The van der Waals surface area contributed by atoms with Crippen LogP contribution in [-0.2, 0) is 19.1 Å². The Kier molecular flexibility index (Phi) is 6.93. The molecule has 1 saturated heterocycles. The predicted octanol–water partition coefficient (Wildman–Crippen LogP) is 1.80.